The molecule has 1 N–H and O–H groups in total. The van der Waals surface area contributed by atoms with Crippen LogP contribution in [0.2, 0.25) is 0 Å². The van der Waals surface area contributed by atoms with E-state index >= 15 is 0 Å². The molecule has 3 aromatic rings. The van der Waals surface area contributed by atoms with Gasteiger partial charge in [0.15, 0.2) is 0 Å². The first-order valence-corrected chi connectivity index (χ1v) is 11.1. The highest BCUT2D eigenvalue weighted by atomic mass is 32.2. The fourth-order valence-electron chi connectivity index (χ4n) is 3.43. The fraction of sp³-hybridized carbons (Fsp3) is 0.261. The highest BCUT2D eigenvalue weighted by Crippen LogP contribution is 2.27. The first-order chi connectivity index (χ1) is 13.8. The van der Waals surface area contributed by atoms with Crippen molar-refractivity contribution in [1.82, 2.24) is 4.31 Å². The molecule has 0 aromatic heterocycles. The predicted octanol–water partition coefficient (Wildman–Crippen LogP) is 4.74. The summed E-state index contributed by atoms with van der Waals surface area (Å²) >= 11 is 0. The second-order valence-electron chi connectivity index (χ2n) is 6.98. The van der Waals surface area contributed by atoms with Gasteiger partial charge in [-0.3, -0.25) is 4.79 Å². The van der Waals surface area contributed by atoms with Gasteiger partial charge < -0.3 is 5.32 Å². The molecule has 0 aliphatic carbocycles. The van der Waals surface area contributed by atoms with Gasteiger partial charge in [-0.15, -0.1) is 0 Å². The first kappa shape index (κ1) is 21.0. The zero-order chi connectivity index (χ0) is 21.2. The number of fused-ring (bicyclic) bond motifs is 1. The lowest BCUT2D eigenvalue weighted by Crippen LogP contribution is -2.30. The summed E-state index contributed by atoms with van der Waals surface area (Å²) in [6.45, 7) is 8.13. The van der Waals surface area contributed by atoms with Gasteiger partial charge in [-0.25, -0.2) is 8.42 Å². The van der Waals surface area contributed by atoms with Gasteiger partial charge >= 0.3 is 0 Å². The molecule has 0 aliphatic heterocycles. The lowest BCUT2D eigenvalue weighted by atomic mass is 10.0. The number of benzene rings is 3. The molecular weight excluding hydrogens is 384 g/mol. The SMILES string of the molecule is CCN(CC)S(=O)(=O)c1cc(C)c(C)c(NC(=O)c2cccc3ccccc23)c1. The van der Waals surface area contributed by atoms with Crippen LogP contribution in [0.1, 0.15) is 35.3 Å². The van der Waals surface area contributed by atoms with E-state index in [1.54, 1.807) is 18.2 Å². The highest BCUT2D eigenvalue weighted by Gasteiger charge is 2.23. The molecule has 0 atom stereocenters. The third kappa shape index (κ3) is 4.04. The Hall–Kier alpha value is -2.70. The van der Waals surface area contributed by atoms with E-state index in [0.717, 1.165) is 21.9 Å². The average molecular weight is 411 g/mol. The number of amides is 1. The minimum absolute atomic E-state index is 0.192. The zero-order valence-electron chi connectivity index (χ0n) is 17.2. The Morgan fingerprint density at radius 1 is 0.966 bits per heavy atom. The number of nitrogens with zero attached hydrogens (tertiary/aromatic N) is 1. The average Bonchev–Trinajstić information content (AvgIpc) is 2.71. The maximum atomic E-state index is 13.0. The van der Waals surface area contributed by atoms with Crippen LogP contribution in [0.4, 0.5) is 5.69 Å². The van der Waals surface area contributed by atoms with E-state index in [1.165, 1.54) is 4.31 Å². The quantitative estimate of drug-likeness (QED) is 0.638. The monoisotopic (exact) mass is 410 g/mol. The molecule has 0 aliphatic rings. The molecule has 29 heavy (non-hydrogen) atoms. The van der Waals surface area contributed by atoms with Crippen molar-refractivity contribution in [1.29, 1.82) is 0 Å². The van der Waals surface area contributed by atoms with E-state index < -0.39 is 10.0 Å². The third-order valence-corrected chi connectivity index (χ3v) is 7.29. The third-order valence-electron chi connectivity index (χ3n) is 5.27. The number of carbonyl (C=O) groups excluding carboxylic acids is 1. The molecule has 6 heteroatoms. The summed E-state index contributed by atoms with van der Waals surface area (Å²) in [6, 6.07) is 16.5. The molecule has 0 unspecified atom stereocenters. The number of aryl methyl sites for hydroxylation is 1. The Morgan fingerprint density at radius 2 is 1.62 bits per heavy atom. The van der Waals surface area contributed by atoms with Crippen LogP contribution in [0.25, 0.3) is 10.8 Å². The fourth-order valence-corrected chi connectivity index (χ4v) is 5.00. The number of rotatable bonds is 6. The minimum Gasteiger partial charge on any atom is -0.322 e. The topological polar surface area (TPSA) is 66.5 Å². The molecular formula is C23H26N2O3S. The van der Waals surface area contributed by atoms with E-state index in [2.05, 4.69) is 5.32 Å². The molecule has 0 saturated carbocycles. The Bertz CT molecular complexity index is 1160. The van der Waals surface area contributed by atoms with Gasteiger partial charge in [-0.1, -0.05) is 50.2 Å². The van der Waals surface area contributed by atoms with Gasteiger partial charge in [0.2, 0.25) is 10.0 Å². The molecule has 1 amide bonds. The van der Waals surface area contributed by atoms with E-state index in [0.29, 0.717) is 24.3 Å². The second-order valence-corrected chi connectivity index (χ2v) is 8.92. The van der Waals surface area contributed by atoms with Crippen molar-refractivity contribution < 1.29 is 13.2 Å². The predicted molar refractivity (Wildman–Crippen MR) is 118 cm³/mol. The summed E-state index contributed by atoms with van der Waals surface area (Å²) in [5.41, 5.74) is 2.72. The Labute approximate surface area is 172 Å². The van der Waals surface area contributed by atoms with Crippen molar-refractivity contribution in [2.75, 3.05) is 18.4 Å². The molecule has 0 saturated heterocycles. The minimum atomic E-state index is -3.62. The van der Waals surface area contributed by atoms with E-state index in [9.17, 15) is 13.2 Å². The van der Waals surface area contributed by atoms with E-state index in [-0.39, 0.29) is 10.8 Å². The van der Waals surface area contributed by atoms with Crippen LogP contribution in [-0.4, -0.2) is 31.7 Å². The molecule has 152 valence electrons. The number of hydrogen-bond acceptors (Lipinski definition) is 3. The lowest BCUT2D eigenvalue weighted by Gasteiger charge is -2.20. The first-order valence-electron chi connectivity index (χ1n) is 9.70. The molecule has 0 spiro atoms. The maximum absolute atomic E-state index is 13.0. The molecule has 3 aromatic carbocycles. The van der Waals surface area contributed by atoms with Crippen LogP contribution in [0.3, 0.4) is 0 Å². The molecule has 0 bridgehead atoms. The Morgan fingerprint density at radius 3 is 2.31 bits per heavy atom. The van der Waals surface area contributed by atoms with Crippen LogP contribution in [0, 0.1) is 13.8 Å². The largest absolute Gasteiger partial charge is 0.322 e. The normalized spacial score (nSPS) is 11.8. The van der Waals surface area contributed by atoms with Gasteiger partial charge in [-0.05, 0) is 53.9 Å². The smallest absolute Gasteiger partial charge is 0.256 e. The number of sulfonamides is 1. The standard InChI is InChI=1S/C23H26N2O3S/c1-5-25(6-2)29(27,28)19-14-16(3)17(4)22(15-19)24-23(26)21-13-9-11-18-10-7-8-12-20(18)21/h7-15H,5-6H2,1-4H3,(H,24,26). The van der Waals surface area contributed by atoms with Gasteiger partial charge in [-0.2, -0.15) is 4.31 Å². The van der Waals surface area contributed by atoms with Gasteiger partial charge in [0, 0.05) is 24.3 Å². The summed E-state index contributed by atoms with van der Waals surface area (Å²) in [5.74, 6) is -0.262. The highest BCUT2D eigenvalue weighted by molar-refractivity contribution is 7.89. The van der Waals surface area contributed by atoms with Crippen LogP contribution in [0.5, 0.6) is 0 Å². The van der Waals surface area contributed by atoms with Crippen molar-refractivity contribution in [2.45, 2.75) is 32.6 Å². The van der Waals surface area contributed by atoms with Gasteiger partial charge in [0.25, 0.3) is 5.91 Å². The molecule has 0 radical (unpaired) electrons. The summed E-state index contributed by atoms with van der Waals surface area (Å²) in [4.78, 5) is 13.2. The van der Waals surface area contributed by atoms with Crippen molar-refractivity contribution >= 4 is 32.4 Å². The summed E-state index contributed by atoms with van der Waals surface area (Å²) in [7, 11) is -3.62. The number of nitrogens with one attached hydrogen (secondary N) is 1. The van der Waals surface area contributed by atoms with Crippen LogP contribution in [-0.2, 0) is 10.0 Å². The van der Waals surface area contributed by atoms with E-state index in [1.807, 2.05) is 64.1 Å². The van der Waals surface area contributed by atoms with E-state index in [4.69, 9.17) is 0 Å². The van der Waals surface area contributed by atoms with Crippen molar-refractivity contribution in [3.8, 4) is 0 Å². The molecule has 0 heterocycles. The number of hydrogen-bond donors (Lipinski definition) is 1. The zero-order valence-corrected chi connectivity index (χ0v) is 18.0. The number of carbonyl (C=O) groups is 1. The summed E-state index contributed by atoms with van der Waals surface area (Å²) < 4.78 is 27.3. The summed E-state index contributed by atoms with van der Waals surface area (Å²) in [5, 5.41) is 4.76. The second kappa shape index (κ2) is 8.35. The molecule has 0 fully saturated rings. The van der Waals surface area contributed by atoms with Crippen molar-refractivity contribution in [2.24, 2.45) is 0 Å². The Kier molecular flexibility index (Phi) is 6.05. The summed E-state index contributed by atoms with van der Waals surface area (Å²) in [6.07, 6.45) is 0. The maximum Gasteiger partial charge on any atom is 0.256 e. The Balaban J connectivity index is 2.03. The van der Waals surface area contributed by atoms with Crippen LogP contribution >= 0.6 is 0 Å². The molecule has 3 rings (SSSR count). The van der Waals surface area contributed by atoms with Crippen LogP contribution in [0.15, 0.2) is 59.5 Å². The van der Waals surface area contributed by atoms with Gasteiger partial charge in [0.05, 0.1) is 4.90 Å². The van der Waals surface area contributed by atoms with Crippen molar-refractivity contribution in [3.63, 3.8) is 0 Å². The molecule has 5 nitrogen and oxygen atoms in total. The van der Waals surface area contributed by atoms with Gasteiger partial charge in [0.1, 0.15) is 0 Å². The number of anilines is 1. The van der Waals surface area contributed by atoms with Crippen molar-refractivity contribution in [3.05, 3.63) is 71.3 Å². The van der Waals surface area contributed by atoms with Crippen LogP contribution < -0.4 is 5.32 Å². The lowest BCUT2D eigenvalue weighted by molar-refractivity contribution is 0.102.